The number of aliphatic hydroxyl groups excluding tert-OH is 1. The van der Waals surface area contributed by atoms with E-state index in [0.29, 0.717) is 12.5 Å². The van der Waals surface area contributed by atoms with Crippen LogP contribution >= 0.6 is 0 Å². The third-order valence-electron chi connectivity index (χ3n) is 3.48. The van der Waals surface area contributed by atoms with E-state index in [9.17, 15) is 5.11 Å². The fraction of sp³-hybridized carbons (Fsp3) is 0.818. The van der Waals surface area contributed by atoms with Crippen molar-refractivity contribution in [2.24, 2.45) is 11.3 Å². The number of hydrogen-bond donors (Lipinski definition) is 1. The van der Waals surface area contributed by atoms with E-state index in [1.807, 2.05) is 0 Å². The van der Waals surface area contributed by atoms with E-state index in [2.05, 4.69) is 6.92 Å². The predicted molar refractivity (Wildman–Crippen MR) is 52.2 cm³/mol. The topological polar surface area (TPSA) is 38.7 Å². The van der Waals surface area contributed by atoms with Crippen molar-refractivity contribution in [1.29, 1.82) is 0 Å². The van der Waals surface area contributed by atoms with Crippen molar-refractivity contribution < 1.29 is 14.6 Å². The van der Waals surface area contributed by atoms with Crippen LogP contribution in [0, 0.1) is 11.3 Å². The van der Waals surface area contributed by atoms with Gasteiger partial charge in [0.25, 0.3) is 0 Å². The summed E-state index contributed by atoms with van der Waals surface area (Å²) < 4.78 is 10.7. The zero-order valence-electron chi connectivity index (χ0n) is 8.61. The van der Waals surface area contributed by atoms with Crippen molar-refractivity contribution in [2.75, 3.05) is 6.61 Å². The van der Waals surface area contributed by atoms with Crippen LogP contribution in [0.1, 0.15) is 32.6 Å². The van der Waals surface area contributed by atoms with Gasteiger partial charge in [0, 0.05) is 12.5 Å². The van der Waals surface area contributed by atoms with Crippen LogP contribution in [-0.4, -0.2) is 18.0 Å². The van der Waals surface area contributed by atoms with Crippen LogP contribution in [0.5, 0.6) is 0 Å². The first-order valence-corrected chi connectivity index (χ1v) is 5.30. The molecule has 80 valence electrons. The number of hydrogen-bond acceptors (Lipinski definition) is 3. The summed E-state index contributed by atoms with van der Waals surface area (Å²) in [6, 6.07) is 0. The fourth-order valence-electron chi connectivity index (χ4n) is 2.24. The molecule has 1 saturated carbocycles. The minimum atomic E-state index is -0.0711. The Labute approximate surface area is 84.7 Å². The molecule has 0 aromatic heterocycles. The molecule has 1 aliphatic carbocycles. The lowest BCUT2D eigenvalue weighted by Crippen LogP contribution is -2.33. The van der Waals surface area contributed by atoms with Crippen molar-refractivity contribution in [3.8, 4) is 0 Å². The molecule has 0 radical (unpaired) electrons. The van der Waals surface area contributed by atoms with E-state index in [0.717, 1.165) is 25.7 Å². The third kappa shape index (κ3) is 1.87. The molecule has 0 unspecified atom stereocenters. The average Bonchev–Trinajstić information content (AvgIpc) is 2.72. The van der Waals surface area contributed by atoms with Crippen molar-refractivity contribution >= 4 is 0 Å². The van der Waals surface area contributed by atoms with Crippen molar-refractivity contribution in [1.82, 2.24) is 0 Å². The van der Waals surface area contributed by atoms with E-state index in [4.69, 9.17) is 9.47 Å². The molecular formula is C11H18O3. The van der Waals surface area contributed by atoms with Crippen LogP contribution in [0.3, 0.4) is 0 Å². The predicted octanol–water partition coefficient (Wildman–Crippen LogP) is 2.02. The lowest BCUT2D eigenvalue weighted by atomic mass is 9.72. The second-order valence-corrected chi connectivity index (χ2v) is 4.72. The number of ether oxygens (including phenoxy) is 2. The van der Waals surface area contributed by atoms with Gasteiger partial charge in [0.1, 0.15) is 12.5 Å². The van der Waals surface area contributed by atoms with Crippen LogP contribution in [0.15, 0.2) is 12.5 Å². The molecule has 2 rings (SSSR count). The van der Waals surface area contributed by atoms with Gasteiger partial charge in [-0.15, -0.1) is 0 Å². The molecule has 0 saturated heterocycles. The summed E-state index contributed by atoms with van der Waals surface area (Å²) in [5.41, 5.74) is 0.128. The van der Waals surface area contributed by atoms with Crippen molar-refractivity contribution in [3.63, 3.8) is 0 Å². The summed E-state index contributed by atoms with van der Waals surface area (Å²) in [6.45, 7) is 2.45. The average molecular weight is 198 g/mol. The monoisotopic (exact) mass is 198 g/mol. The van der Waals surface area contributed by atoms with Gasteiger partial charge in [-0.05, 0) is 31.1 Å². The molecule has 1 fully saturated rings. The van der Waals surface area contributed by atoms with Crippen LogP contribution < -0.4 is 0 Å². The van der Waals surface area contributed by atoms with Gasteiger partial charge in [0.05, 0.1) is 0 Å². The standard InChI is InChI=1S/C11H18O3/c1-11(8-12)4-2-9(3-5-11)10-13-6-7-14-10/h6-7,9-10,12H,2-5,8H2,1H3. The van der Waals surface area contributed by atoms with Gasteiger partial charge in [-0.2, -0.15) is 0 Å². The van der Waals surface area contributed by atoms with Gasteiger partial charge >= 0.3 is 0 Å². The van der Waals surface area contributed by atoms with E-state index in [1.165, 1.54) is 0 Å². The smallest absolute Gasteiger partial charge is 0.242 e. The second kappa shape index (κ2) is 3.81. The molecule has 0 amide bonds. The molecule has 3 heteroatoms. The summed E-state index contributed by atoms with van der Waals surface area (Å²) in [4.78, 5) is 0. The zero-order chi connectivity index (χ0) is 10.0. The molecule has 1 aliphatic heterocycles. The van der Waals surface area contributed by atoms with Crippen LogP contribution in [0.2, 0.25) is 0 Å². The van der Waals surface area contributed by atoms with Crippen LogP contribution in [-0.2, 0) is 9.47 Å². The third-order valence-corrected chi connectivity index (χ3v) is 3.48. The molecular weight excluding hydrogens is 180 g/mol. The highest BCUT2D eigenvalue weighted by atomic mass is 16.7. The van der Waals surface area contributed by atoms with E-state index < -0.39 is 0 Å². The summed E-state index contributed by atoms with van der Waals surface area (Å²) in [5, 5.41) is 9.23. The quantitative estimate of drug-likeness (QED) is 0.737. The molecule has 0 aromatic carbocycles. The largest absolute Gasteiger partial charge is 0.459 e. The molecule has 2 aliphatic rings. The first kappa shape index (κ1) is 9.84. The van der Waals surface area contributed by atoms with Gasteiger partial charge in [-0.1, -0.05) is 6.92 Å². The molecule has 0 atom stereocenters. The van der Waals surface area contributed by atoms with Gasteiger partial charge < -0.3 is 14.6 Å². The van der Waals surface area contributed by atoms with E-state index in [1.54, 1.807) is 12.5 Å². The van der Waals surface area contributed by atoms with Gasteiger partial charge in [0.2, 0.25) is 6.29 Å². The Kier molecular flexibility index (Phi) is 2.68. The minimum absolute atomic E-state index is 0.0711. The summed E-state index contributed by atoms with van der Waals surface area (Å²) in [7, 11) is 0. The SMILES string of the molecule is CC1(CO)CCC(C2OC=CO2)CC1. The maximum atomic E-state index is 9.23. The number of rotatable bonds is 2. The Balaban J connectivity index is 1.83. The van der Waals surface area contributed by atoms with E-state index in [-0.39, 0.29) is 11.7 Å². The van der Waals surface area contributed by atoms with Crippen LogP contribution in [0.4, 0.5) is 0 Å². The van der Waals surface area contributed by atoms with Crippen LogP contribution in [0.25, 0.3) is 0 Å². The highest BCUT2D eigenvalue weighted by Gasteiger charge is 2.35. The normalized spacial score (nSPS) is 38.0. The van der Waals surface area contributed by atoms with E-state index >= 15 is 0 Å². The Morgan fingerprint density at radius 1 is 1.29 bits per heavy atom. The molecule has 0 spiro atoms. The Morgan fingerprint density at radius 3 is 2.36 bits per heavy atom. The summed E-state index contributed by atoms with van der Waals surface area (Å²) in [6.07, 6.45) is 7.47. The summed E-state index contributed by atoms with van der Waals surface area (Å²) >= 11 is 0. The van der Waals surface area contributed by atoms with Gasteiger partial charge in [0.15, 0.2) is 0 Å². The molecule has 0 bridgehead atoms. The maximum absolute atomic E-state index is 9.23. The van der Waals surface area contributed by atoms with Gasteiger partial charge in [-0.3, -0.25) is 0 Å². The fourth-order valence-corrected chi connectivity index (χ4v) is 2.24. The first-order valence-electron chi connectivity index (χ1n) is 5.30. The molecule has 14 heavy (non-hydrogen) atoms. The molecule has 1 heterocycles. The highest BCUT2D eigenvalue weighted by molar-refractivity contribution is 4.85. The second-order valence-electron chi connectivity index (χ2n) is 4.72. The van der Waals surface area contributed by atoms with Gasteiger partial charge in [-0.25, -0.2) is 0 Å². The lowest BCUT2D eigenvalue weighted by Gasteiger charge is -2.37. The Bertz CT molecular complexity index is 209. The van der Waals surface area contributed by atoms with Crippen molar-refractivity contribution in [3.05, 3.63) is 12.5 Å². The summed E-state index contributed by atoms with van der Waals surface area (Å²) in [5.74, 6) is 0.490. The Morgan fingerprint density at radius 2 is 1.86 bits per heavy atom. The maximum Gasteiger partial charge on any atom is 0.242 e. The lowest BCUT2D eigenvalue weighted by molar-refractivity contribution is -0.0885. The molecule has 3 nitrogen and oxygen atoms in total. The minimum Gasteiger partial charge on any atom is -0.459 e. The molecule has 0 aromatic rings. The highest BCUT2D eigenvalue weighted by Crippen LogP contribution is 2.40. The zero-order valence-corrected chi connectivity index (χ0v) is 8.61. The number of aliphatic hydroxyl groups is 1. The van der Waals surface area contributed by atoms with Crippen molar-refractivity contribution in [2.45, 2.75) is 38.9 Å². The first-order chi connectivity index (χ1) is 6.73. The Hall–Kier alpha value is -0.700. The molecule has 1 N–H and O–H groups in total.